The SMILES string of the molecule is O=C(CN1CCN(C2CNC2)CC1)Nc1ccccc1F. The van der Waals surface area contributed by atoms with E-state index in [9.17, 15) is 9.18 Å². The third-order valence-electron chi connectivity index (χ3n) is 4.20. The molecule has 0 unspecified atom stereocenters. The third-order valence-corrected chi connectivity index (χ3v) is 4.20. The Morgan fingerprint density at radius 2 is 1.95 bits per heavy atom. The minimum Gasteiger partial charge on any atom is -0.322 e. The second-order valence-corrected chi connectivity index (χ2v) is 5.65. The van der Waals surface area contributed by atoms with E-state index in [2.05, 4.69) is 20.4 Å². The molecule has 21 heavy (non-hydrogen) atoms. The zero-order valence-corrected chi connectivity index (χ0v) is 12.0. The molecule has 2 fully saturated rings. The lowest BCUT2D eigenvalue weighted by atomic mass is 10.1. The molecule has 0 aromatic heterocycles. The highest BCUT2D eigenvalue weighted by atomic mass is 19.1. The van der Waals surface area contributed by atoms with Crippen molar-refractivity contribution in [3.8, 4) is 0 Å². The molecule has 6 heteroatoms. The lowest BCUT2D eigenvalue weighted by molar-refractivity contribution is -0.117. The molecule has 5 nitrogen and oxygen atoms in total. The predicted molar refractivity (Wildman–Crippen MR) is 79.7 cm³/mol. The Hall–Kier alpha value is -1.50. The largest absolute Gasteiger partial charge is 0.322 e. The Kier molecular flexibility index (Phi) is 4.48. The normalized spacial score (nSPS) is 21.0. The van der Waals surface area contributed by atoms with Crippen LogP contribution in [0.4, 0.5) is 10.1 Å². The molecule has 2 saturated heterocycles. The quantitative estimate of drug-likeness (QED) is 0.841. The molecular formula is C15H21FN4O. The van der Waals surface area contributed by atoms with Crippen LogP contribution in [0.25, 0.3) is 0 Å². The van der Waals surface area contributed by atoms with Gasteiger partial charge in [0.25, 0.3) is 0 Å². The number of amides is 1. The van der Waals surface area contributed by atoms with Gasteiger partial charge in [0.05, 0.1) is 12.2 Å². The summed E-state index contributed by atoms with van der Waals surface area (Å²) in [5.41, 5.74) is 0.252. The van der Waals surface area contributed by atoms with E-state index in [1.165, 1.54) is 6.07 Å². The molecule has 1 aromatic carbocycles. The molecule has 114 valence electrons. The Balaban J connectivity index is 1.44. The number of carbonyl (C=O) groups is 1. The second kappa shape index (κ2) is 6.51. The van der Waals surface area contributed by atoms with E-state index >= 15 is 0 Å². The van der Waals surface area contributed by atoms with Crippen LogP contribution in [0.15, 0.2) is 24.3 Å². The van der Waals surface area contributed by atoms with E-state index in [-0.39, 0.29) is 11.6 Å². The zero-order valence-electron chi connectivity index (χ0n) is 12.0. The van der Waals surface area contributed by atoms with Crippen LogP contribution in [0.3, 0.4) is 0 Å². The van der Waals surface area contributed by atoms with Gasteiger partial charge in [-0.3, -0.25) is 14.6 Å². The van der Waals surface area contributed by atoms with Crippen molar-refractivity contribution in [2.24, 2.45) is 0 Å². The fraction of sp³-hybridized carbons (Fsp3) is 0.533. The van der Waals surface area contributed by atoms with Crippen LogP contribution < -0.4 is 10.6 Å². The Morgan fingerprint density at radius 3 is 2.57 bits per heavy atom. The average molecular weight is 292 g/mol. The Bertz CT molecular complexity index is 498. The summed E-state index contributed by atoms with van der Waals surface area (Å²) >= 11 is 0. The number of carbonyl (C=O) groups excluding carboxylic acids is 1. The van der Waals surface area contributed by atoms with Gasteiger partial charge in [-0.1, -0.05) is 12.1 Å². The smallest absolute Gasteiger partial charge is 0.238 e. The number of nitrogens with zero attached hydrogens (tertiary/aromatic N) is 2. The standard InChI is InChI=1S/C15H21FN4O/c16-13-3-1-2-4-14(13)18-15(21)11-19-5-7-20(8-6-19)12-9-17-10-12/h1-4,12,17H,5-11H2,(H,18,21). The van der Waals surface area contributed by atoms with Crippen molar-refractivity contribution in [2.45, 2.75) is 6.04 Å². The number of piperazine rings is 1. The van der Waals surface area contributed by atoms with Crippen molar-refractivity contribution >= 4 is 11.6 Å². The lowest BCUT2D eigenvalue weighted by Crippen LogP contribution is -2.61. The van der Waals surface area contributed by atoms with Crippen LogP contribution >= 0.6 is 0 Å². The van der Waals surface area contributed by atoms with Crippen molar-refractivity contribution in [3.63, 3.8) is 0 Å². The highest BCUT2D eigenvalue weighted by Gasteiger charge is 2.28. The molecule has 0 aliphatic carbocycles. The molecule has 0 saturated carbocycles. The van der Waals surface area contributed by atoms with Crippen molar-refractivity contribution < 1.29 is 9.18 Å². The van der Waals surface area contributed by atoms with Gasteiger partial charge in [0.15, 0.2) is 0 Å². The molecule has 0 atom stereocenters. The predicted octanol–water partition coefficient (Wildman–Crippen LogP) is 0.354. The molecule has 1 aromatic rings. The van der Waals surface area contributed by atoms with Gasteiger partial charge < -0.3 is 10.6 Å². The van der Waals surface area contributed by atoms with Gasteiger partial charge in [-0.15, -0.1) is 0 Å². The van der Waals surface area contributed by atoms with Crippen LogP contribution in [0, 0.1) is 5.82 Å². The molecule has 2 aliphatic rings. The van der Waals surface area contributed by atoms with Crippen molar-refractivity contribution in [3.05, 3.63) is 30.1 Å². The van der Waals surface area contributed by atoms with Gasteiger partial charge in [-0.05, 0) is 12.1 Å². The molecule has 2 aliphatic heterocycles. The number of hydrogen-bond donors (Lipinski definition) is 2. The highest BCUT2D eigenvalue weighted by Crippen LogP contribution is 2.13. The number of nitrogens with one attached hydrogen (secondary N) is 2. The van der Waals surface area contributed by atoms with Crippen LogP contribution in [0.1, 0.15) is 0 Å². The monoisotopic (exact) mass is 292 g/mol. The molecule has 2 heterocycles. The number of rotatable bonds is 4. The van der Waals surface area contributed by atoms with E-state index in [4.69, 9.17) is 0 Å². The number of para-hydroxylation sites is 1. The van der Waals surface area contributed by atoms with Gasteiger partial charge >= 0.3 is 0 Å². The molecule has 1 amide bonds. The first-order chi connectivity index (χ1) is 10.2. The number of halogens is 1. The van der Waals surface area contributed by atoms with E-state index in [0.29, 0.717) is 12.6 Å². The van der Waals surface area contributed by atoms with E-state index in [0.717, 1.165) is 39.3 Å². The first-order valence-electron chi connectivity index (χ1n) is 7.44. The van der Waals surface area contributed by atoms with Gasteiger partial charge in [0.1, 0.15) is 5.82 Å². The van der Waals surface area contributed by atoms with Crippen molar-refractivity contribution in [1.29, 1.82) is 0 Å². The summed E-state index contributed by atoms with van der Waals surface area (Å²) in [5.74, 6) is -0.549. The maximum absolute atomic E-state index is 13.5. The molecule has 0 spiro atoms. The summed E-state index contributed by atoms with van der Waals surface area (Å²) in [5, 5.41) is 5.91. The summed E-state index contributed by atoms with van der Waals surface area (Å²) in [6.07, 6.45) is 0. The summed E-state index contributed by atoms with van der Waals surface area (Å²) in [6.45, 7) is 6.26. The molecular weight excluding hydrogens is 271 g/mol. The van der Waals surface area contributed by atoms with Crippen molar-refractivity contribution in [1.82, 2.24) is 15.1 Å². The van der Waals surface area contributed by atoms with Gasteiger partial charge in [-0.25, -0.2) is 4.39 Å². The van der Waals surface area contributed by atoms with Gasteiger partial charge in [-0.2, -0.15) is 0 Å². The average Bonchev–Trinajstić information content (AvgIpc) is 2.42. The number of benzene rings is 1. The Labute approximate surface area is 124 Å². The minimum absolute atomic E-state index is 0.154. The third kappa shape index (κ3) is 3.58. The van der Waals surface area contributed by atoms with Crippen LogP contribution in [0.5, 0.6) is 0 Å². The first-order valence-corrected chi connectivity index (χ1v) is 7.44. The van der Waals surface area contributed by atoms with E-state index < -0.39 is 5.82 Å². The summed E-state index contributed by atoms with van der Waals surface area (Å²) in [4.78, 5) is 16.6. The number of anilines is 1. The van der Waals surface area contributed by atoms with Gasteiger partial charge in [0, 0.05) is 45.3 Å². The number of hydrogen-bond acceptors (Lipinski definition) is 4. The fourth-order valence-electron chi connectivity index (χ4n) is 2.77. The molecule has 0 radical (unpaired) electrons. The molecule has 3 rings (SSSR count). The fourth-order valence-corrected chi connectivity index (χ4v) is 2.77. The van der Waals surface area contributed by atoms with Crippen LogP contribution in [-0.4, -0.2) is 67.6 Å². The first kappa shape index (κ1) is 14.4. The zero-order chi connectivity index (χ0) is 14.7. The maximum atomic E-state index is 13.5. The molecule has 0 bridgehead atoms. The lowest BCUT2D eigenvalue weighted by Gasteiger charge is -2.43. The van der Waals surface area contributed by atoms with Gasteiger partial charge in [0.2, 0.25) is 5.91 Å². The molecule has 2 N–H and O–H groups in total. The van der Waals surface area contributed by atoms with Crippen LogP contribution in [0.2, 0.25) is 0 Å². The van der Waals surface area contributed by atoms with Crippen molar-refractivity contribution in [2.75, 3.05) is 51.1 Å². The maximum Gasteiger partial charge on any atom is 0.238 e. The van der Waals surface area contributed by atoms with E-state index in [1.807, 2.05) is 0 Å². The van der Waals surface area contributed by atoms with Crippen LogP contribution in [-0.2, 0) is 4.79 Å². The highest BCUT2D eigenvalue weighted by molar-refractivity contribution is 5.92. The second-order valence-electron chi connectivity index (χ2n) is 5.65. The Morgan fingerprint density at radius 1 is 1.24 bits per heavy atom. The topological polar surface area (TPSA) is 47.6 Å². The summed E-state index contributed by atoms with van der Waals surface area (Å²) < 4.78 is 13.5. The van der Waals surface area contributed by atoms with E-state index in [1.54, 1.807) is 18.2 Å². The minimum atomic E-state index is -0.395. The summed E-state index contributed by atoms with van der Waals surface area (Å²) in [7, 11) is 0. The summed E-state index contributed by atoms with van der Waals surface area (Å²) in [6, 6.07) is 6.92.